The molecule has 0 aliphatic carbocycles. The van der Waals surface area contributed by atoms with E-state index in [0.717, 1.165) is 189 Å². The largest absolute Gasteiger partial charge is 0.378 e. The van der Waals surface area contributed by atoms with Crippen molar-refractivity contribution in [3.8, 4) is 17.3 Å². The highest BCUT2D eigenvalue weighted by Crippen LogP contribution is 2.34. The van der Waals surface area contributed by atoms with E-state index >= 15 is 0 Å². The van der Waals surface area contributed by atoms with Gasteiger partial charge in [-0.3, -0.25) is 19.2 Å². The van der Waals surface area contributed by atoms with E-state index in [0.29, 0.717) is 56.8 Å². The van der Waals surface area contributed by atoms with Crippen molar-refractivity contribution in [3.63, 3.8) is 0 Å². The van der Waals surface area contributed by atoms with Crippen LogP contribution in [-0.4, -0.2) is 167 Å². The SMILES string of the molecule is CCC.CCn1c(CN2CCC(N3CCCC3=O)CC2)nc2c(N3CCOCC3)nc(-n3ccc4cc(F)ccc43)nc21.Cn1c(CN2CCC(N)CC2)nc2c(N3CCOCC3)nc(-c3c[nH]c4ccccc34)nc21. The molecule has 11 heterocycles. The van der Waals surface area contributed by atoms with Crippen molar-refractivity contribution in [1.82, 2.24) is 63.3 Å². The number of hydrogen-bond donors (Lipinski definition) is 2. The number of anilines is 2. The van der Waals surface area contributed by atoms with E-state index in [1.807, 2.05) is 35.2 Å². The van der Waals surface area contributed by atoms with Gasteiger partial charge in [0.25, 0.3) is 0 Å². The first-order valence-corrected chi connectivity index (χ1v) is 27.7. The Balaban J connectivity index is 0.000000157. The molecule has 13 rings (SSSR count). The van der Waals surface area contributed by atoms with Gasteiger partial charge in [0.1, 0.15) is 17.5 Å². The number of carbonyl (C=O) groups is 1. The van der Waals surface area contributed by atoms with Crippen molar-refractivity contribution in [2.24, 2.45) is 12.8 Å². The Morgan fingerprint density at radius 1 is 0.724 bits per heavy atom. The minimum absolute atomic E-state index is 0.264. The van der Waals surface area contributed by atoms with Gasteiger partial charge in [0.05, 0.1) is 45.0 Å². The second-order valence-electron chi connectivity index (χ2n) is 20.8. The van der Waals surface area contributed by atoms with Gasteiger partial charge in [-0.15, -0.1) is 0 Å². The topological polar surface area (TPSA) is 186 Å². The molecule has 0 unspecified atom stereocenters. The van der Waals surface area contributed by atoms with Crippen LogP contribution in [0.15, 0.2) is 60.9 Å². The van der Waals surface area contributed by atoms with Crippen LogP contribution in [0.3, 0.4) is 0 Å². The van der Waals surface area contributed by atoms with E-state index < -0.39 is 0 Å². The number of ether oxygens (including phenoxy) is 2. The third-order valence-corrected chi connectivity index (χ3v) is 15.5. The number of aryl methyl sites for hydroxylation is 2. The summed E-state index contributed by atoms with van der Waals surface area (Å²) in [6, 6.07) is 15.6. The zero-order valence-electron chi connectivity index (χ0n) is 44.6. The summed E-state index contributed by atoms with van der Waals surface area (Å²) in [7, 11) is 2.06. The fourth-order valence-corrected chi connectivity index (χ4v) is 11.4. The number of morpholine rings is 2. The lowest BCUT2D eigenvalue weighted by Crippen LogP contribution is -2.45. The predicted octanol–water partition coefficient (Wildman–Crippen LogP) is 7.04. The number of aromatic nitrogens is 10. The Labute approximate surface area is 443 Å². The number of para-hydroxylation sites is 1. The molecule has 5 fully saturated rings. The van der Waals surface area contributed by atoms with Gasteiger partial charge in [-0.1, -0.05) is 38.5 Å². The van der Waals surface area contributed by atoms with Crippen LogP contribution in [0.5, 0.6) is 0 Å². The number of piperidine rings is 2. The number of nitrogens with two attached hydrogens (primary N) is 1. The van der Waals surface area contributed by atoms with Gasteiger partial charge in [-0.2, -0.15) is 9.97 Å². The van der Waals surface area contributed by atoms with Gasteiger partial charge in [0.15, 0.2) is 39.8 Å². The average Bonchev–Trinajstić information content (AvgIpc) is 4.36. The van der Waals surface area contributed by atoms with Gasteiger partial charge in [-0.25, -0.2) is 24.3 Å². The van der Waals surface area contributed by atoms with Crippen molar-refractivity contribution < 1.29 is 18.7 Å². The molecule has 0 spiro atoms. The average molecular weight is 1040 g/mol. The monoisotopic (exact) mass is 1040 g/mol. The fraction of sp³-hybridized carbons (Fsp3) is 0.518. The molecular weight excluding hydrogens is 964 g/mol. The summed E-state index contributed by atoms with van der Waals surface area (Å²) in [4.78, 5) is 57.5. The third-order valence-electron chi connectivity index (χ3n) is 15.5. The van der Waals surface area contributed by atoms with Crippen LogP contribution in [0.25, 0.3) is 61.5 Å². The maximum Gasteiger partial charge on any atom is 0.238 e. The van der Waals surface area contributed by atoms with Crippen LogP contribution in [0.2, 0.25) is 0 Å². The molecule has 5 saturated heterocycles. The van der Waals surface area contributed by atoms with Crippen LogP contribution >= 0.6 is 0 Å². The number of H-pyrrole nitrogens is 1. The molecule has 1 amide bonds. The molecule has 6 aromatic heterocycles. The summed E-state index contributed by atoms with van der Waals surface area (Å²) >= 11 is 0. The van der Waals surface area contributed by atoms with E-state index in [4.69, 9.17) is 45.1 Å². The maximum absolute atomic E-state index is 13.9. The number of amides is 1. The normalized spacial score (nSPS) is 18.6. The minimum Gasteiger partial charge on any atom is -0.378 e. The van der Waals surface area contributed by atoms with Gasteiger partial charge in [0.2, 0.25) is 11.9 Å². The molecule has 0 atom stereocenters. The van der Waals surface area contributed by atoms with Crippen LogP contribution < -0.4 is 15.5 Å². The minimum atomic E-state index is -0.264. The second-order valence-corrected chi connectivity index (χ2v) is 20.8. The number of benzene rings is 2. The van der Waals surface area contributed by atoms with E-state index in [9.17, 15) is 9.18 Å². The molecular formula is C56H73FN16O3. The number of imidazole rings is 2. The zero-order chi connectivity index (χ0) is 52.3. The Kier molecular flexibility index (Phi) is 15.6. The summed E-state index contributed by atoms with van der Waals surface area (Å²) in [5.41, 5.74) is 12.4. The Morgan fingerprint density at radius 3 is 2.05 bits per heavy atom. The fourth-order valence-electron chi connectivity index (χ4n) is 11.4. The first-order chi connectivity index (χ1) is 37.2. The van der Waals surface area contributed by atoms with E-state index in [1.54, 1.807) is 6.07 Å². The van der Waals surface area contributed by atoms with Crippen LogP contribution in [0.4, 0.5) is 16.0 Å². The van der Waals surface area contributed by atoms with Crippen LogP contribution in [0.1, 0.15) is 77.4 Å². The molecule has 19 nitrogen and oxygen atoms in total. The van der Waals surface area contributed by atoms with Crippen molar-refractivity contribution in [2.75, 3.05) is 95.1 Å². The lowest BCUT2D eigenvalue weighted by molar-refractivity contribution is -0.130. The number of hydrogen-bond acceptors (Lipinski definition) is 14. The first kappa shape index (κ1) is 51.5. The summed E-state index contributed by atoms with van der Waals surface area (Å²) in [5, 5.41) is 1.93. The summed E-state index contributed by atoms with van der Waals surface area (Å²) in [6.07, 6.45) is 10.9. The van der Waals surface area contributed by atoms with E-state index in [-0.39, 0.29) is 5.82 Å². The molecule has 8 aromatic rings. The number of nitrogens with zero attached hydrogens (tertiary/aromatic N) is 14. The third kappa shape index (κ3) is 10.6. The quantitative estimate of drug-likeness (QED) is 0.142. The maximum atomic E-state index is 13.9. The molecule has 2 aromatic carbocycles. The highest BCUT2D eigenvalue weighted by atomic mass is 19.1. The number of halogens is 1. The van der Waals surface area contributed by atoms with Crippen LogP contribution in [-0.2, 0) is 41.0 Å². The van der Waals surface area contributed by atoms with Crippen molar-refractivity contribution in [3.05, 3.63) is 78.4 Å². The van der Waals surface area contributed by atoms with Gasteiger partial charge in [0, 0.05) is 125 Å². The van der Waals surface area contributed by atoms with Crippen molar-refractivity contribution in [2.45, 2.75) is 97.4 Å². The Hall–Kier alpha value is -6.58. The smallest absolute Gasteiger partial charge is 0.238 e. The summed E-state index contributed by atoms with van der Waals surface area (Å²) in [5.74, 6) is 5.03. The molecule has 76 heavy (non-hydrogen) atoms. The lowest BCUT2D eigenvalue weighted by Gasteiger charge is -2.36. The van der Waals surface area contributed by atoms with Crippen LogP contribution in [0, 0.1) is 5.82 Å². The molecule has 0 bridgehead atoms. The van der Waals surface area contributed by atoms with Crippen molar-refractivity contribution >= 4 is 61.7 Å². The highest BCUT2D eigenvalue weighted by molar-refractivity contribution is 5.96. The lowest BCUT2D eigenvalue weighted by atomic mass is 10.0. The number of carbonyl (C=O) groups excluding carboxylic acids is 1. The second kappa shape index (κ2) is 22.9. The Morgan fingerprint density at radius 2 is 1.37 bits per heavy atom. The molecule has 0 radical (unpaired) electrons. The number of nitrogens with one attached hydrogen (secondary N) is 1. The molecule has 5 aliphatic rings. The summed E-state index contributed by atoms with van der Waals surface area (Å²) in [6.45, 7) is 19.2. The Bertz CT molecular complexity index is 3280. The van der Waals surface area contributed by atoms with E-state index in [2.05, 4.69) is 78.6 Å². The first-order valence-electron chi connectivity index (χ1n) is 27.7. The number of likely N-dealkylation sites (tertiary alicyclic amines) is 3. The number of fused-ring (bicyclic) bond motifs is 4. The molecule has 402 valence electrons. The molecule has 20 heteroatoms. The van der Waals surface area contributed by atoms with Gasteiger partial charge < -0.3 is 44.0 Å². The predicted molar refractivity (Wildman–Crippen MR) is 295 cm³/mol. The zero-order valence-corrected chi connectivity index (χ0v) is 44.6. The summed E-state index contributed by atoms with van der Waals surface area (Å²) < 4.78 is 31.4. The van der Waals surface area contributed by atoms with E-state index in [1.165, 1.54) is 18.6 Å². The molecule has 0 saturated carbocycles. The highest BCUT2D eigenvalue weighted by Gasteiger charge is 2.32. The molecule has 3 N–H and O–H groups in total. The standard InChI is InChI=1S/C29H35FN8O2.C24H30N8O.C3H8/c1-2-36-24(19-34-11-8-22(9-12-34)37-10-3-4-25(37)39)31-26-27(35-14-16-40-17-15-35)32-29(33-28(26)36)38-13-7-20-18-21(30)5-6-23(20)38;1-30-20(15-31-8-6-16(25)7-9-31)27-21-23(30)28-22(29-24(21)32-10-12-33-13-11-32)18-14-26-19-5-3-2-4-17(18)19;1-3-2/h5-7,13,18,22H,2-4,8-12,14-17,19H2,1H3;2-5,14,16,26H,6-13,15,25H2,1H3;3H2,1-2H3. The number of rotatable bonds is 10. The molecule has 5 aliphatic heterocycles. The van der Waals surface area contributed by atoms with Gasteiger partial charge >= 0.3 is 0 Å². The number of aromatic amines is 1. The van der Waals surface area contributed by atoms with Crippen molar-refractivity contribution in [1.29, 1.82) is 0 Å². The van der Waals surface area contributed by atoms with Gasteiger partial charge in [-0.05, 0) is 69.4 Å².